The molecular weight excluding hydrogens is 416 g/mol. The molecule has 0 spiro atoms. The van der Waals surface area contributed by atoms with E-state index in [0.717, 1.165) is 40.8 Å². The molecule has 1 atom stereocenters. The molecule has 0 aliphatic heterocycles. The Kier molecular flexibility index (Phi) is 7.04. The summed E-state index contributed by atoms with van der Waals surface area (Å²) in [6.45, 7) is 4.26. The highest BCUT2D eigenvalue weighted by atomic mass is 79.9. The van der Waals surface area contributed by atoms with Crippen molar-refractivity contribution in [2.45, 2.75) is 30.7 Å². The van der Waals surface area contributed by atoms with Crippen LogP contribution in [0.3, 0.4) is 0 Å². The summed E-state index contributed by atoms with van der Waals surface area (Å²) in [6.07, 6.45) is 5.54. The standard InChI is InChI=1S/C23H25BrN2O2/c1-3-25-16-26(2)15-23(17-8-5-4-6-9-17)28-22-13-12-19-18(20(22)14-24)10-7-11-21(19)27/h3-6,8-9,12-13,16,23H,1,7,10-11,14-15H2,2H3. The minimum atomic E-state index is -0.169. The lowest BCUT2D eigenvalue weighted by molar-refractivity contribution is 0.0972. The van der Waals surface area contributed by atoms with Crippen molar-refractivity contribution in [1.82, 2.24) is 4.90 Å². The van der Waals surface area contributed by atoms with Gasteiger partial charge in [0.25, 0.3) is 0 Å². The van der Waals surface area contributed by atoms with Gasteiger partial charge in [-0.05, 0) is 36.1 Å². The Morgan fingerprint density at radius 1 is 1.25 bits per heavy atom. The van der Waals surface area contributed by atoms with Crippen LogP contribution in [0.5, 0.6) is 5.75 Å². The monoisotopic (exact) mass is 440 g/mol. The van der Waals surface area contributed by atoms with Gasteiger partial charge in [-0.25, -0.2) is 4.99 Å². The highest BCUT2D eigenvalue weighted by Crippen LogP contribution is 2.35. The van der Waals surface area contributed by atoms with Crippen molar-refractivity contribution in [2.24, 2.45) is 4.99 Å². The predicted molar refractivity (Wildman–Crippen MR) is 117 cm³/mol. The number of nitrogens with zero attached hydrogens (tertiary/aromatic N) is 2. The molecule has 0 radical (unpaired) electrons. The van der Waals surface area contributed by atoms with Crippen LogP contribution >= 0.6 is 15.9 Å². The number of ketones is 1. The number of Topliss-reactive ketones (excluding diaryl/α,β-unsaturated/α-hetero) is 1. The molecule has 3 rings (SSSR count). The number of ether oxygens (including phenoxy) is 1. The maximum atomic E-state index is 12.3. The van der Waals surface area contributed by atoms with Crippen molar-refractivity contribution < 1.29 is 9.53 Å². The van der Waals surface area contributed by atoms with Gasteiger partial charge >= 0.3 is 0 Å². The summed E-state index contributed by atoms with van der Waals surface area (Å²) in [4.78, 5) is 18.3. The maximum Gasteiger partial charge on any atom is 0.163 e. The second kappa shape index (κ2) is 9.69. The van der Waals surface area contributed by atoms with Gasteiger partial charge in [-0.2, -0.15) is 0 Å². The molecule has 0 fully saturated rings. The Balaban J connectivity index is 1.93. The van der Waals surface area contributed by atoms with E-state index < -0.39 is 0 Å². The number of fused-ring (bicyclic) bond motifs is 1. The van der Waals surface area contributed by atoms with E-state index in [0.29, 0.717) is 18.3 Å². The third-order valence-corrected chi connectivity index (χ3v) is 5.48. The lowest BCUT2D eigenvalue weighted by atomic mass is 9.87. The quantitative estimate of drug-likeness (QED) is 0.316. The van der Waals surface area contributed by atoms with Gasteiger partial charge in [0, 0.05) is 36.1 Å². The number of benzene rings is 2. The van der Waals surface area contributed by atoms with Gasteiger partial charge in [0.1, 0.15) is 11.9 Å². The van der Waals surface area contributed by atoms with E-state index in [2.05, 4.69) is 39.6 Å². The lowest BCUT2D eigenvalue weighted by Gasteiger charge is -2.27. The Labute approximate surface area is 175 Å². The number of carbonyl (C=O) groups excluding carboxylic acids is 1. The molecule has 1 aliphatic rings. The maximum absolute atomic E-state index is 12.3. The first-order chi connectivity index (χ1) is 13.6. The fourth-order valence-corrected chi connectivity index (χ4v) is 4.15. The third kappa shape index (κ3) is 4.71. The number of hydrogen-bond acceptors (Lipinski definition) is 3. The highest BCUT2D eigenvalue weighted by Gasteiger charge is 2.24. The number of hydrogen-bond donors (Lipinski definition) is 0. The lowest BCUT2D eigenvalue weighted by Crippen LogP contribution is -2.27. The Morgan fingerprint density at radius 2 is 2.04 bits per heavy atom. The largest absolute Gasteiger partial charge is 0.484 e. The van der Waals surface area contributed by atoms with E-state index >= 15 is 0 Å². The van der Waals surface area contributed by atoms with Gasteiger partial charge in [-0.3, -0.25) is 4.79 Å². The molecule has 0 heterocycles. The summed E-state index contributed by atoms with van der Waals surface area (Å²) in [7, 11) is 1.96. The molecule has 2 aromatic rings. The zero-order valence-corrected chi connectivity index (χ0v) is 17.7. The van der Waals surface area contributed by atoms with E-state index in [1.807, 2.05) is 42.3 Å². The summed E-state index contributed by atoms with van der Waals surface area (Å²) >= 11 is 3.60. The summed E-state index contributed by atoms with van der Waals surface area (Å²) in [5.74, 6) is 1.06. The number of likely N-dealkylation sites (N-methyl/N-ethyl adjacent to an activating group) is 1. The van der Waals surface area contributed by atoms with E-state index in [1.165, 1.54) is 6.20 Å². The van der Waals surface area contributed by atoms with Gasteiger partial charge < -0.3 is 9.64 Å². The van der Waals surface area contributed by atoms with E-state index in [9.17, 15) is 4.79 Å². The molecule has 28 heavy (non-hydrogen) atoms. The molecule has 5 heteroatoms. The number of halogens is 1. The average molecular weight is 441 g/mol. The van der Waals surface area contributed by atoms with Crippen molar-refractivity contribution >= 4 is 28.1 Å². The zero-order valence-electron chi connectivity index (χ0n) is 16.1. The zero-order chi connectivity index (χ0) is 19.9. The number of carbonyl (C=O) groups is 1. The Bertz CT molecular complexity index is 864. The van der Waals surface area contributed by atoms with Crippen molar-refractivity contribution in [3.63, 3.8) is 0 Å². The van der Waals surface area contributed by atoms with Crippen LogP contribution in [0.4, 0.5) is 0 Å². The molecule has 0 saturated carbocycles. The van der Waals surface area contributed by atoms with Gasteiger partial charge in [-0.15, -0.1) is 0 Å². The van der Waals surface area contributed by atoms with Crippen LogP contribution in [0.1, 0.15) is 46.0 Å². The smallest absolute Gasteiger partial charge is 0.163 e. The first-order valence-electron chi connectivity index (χ1n) is 9.44. The van der Waals surface area contributed by atoms with Crippen LogP contribution in [-0.2, 0) is 11.8 Å². The van der Waals surface area contributed by atoms with Crippen LogP contribution in [-0.4, -0.2) is 30.6 Å². The van der Waals surface area contributed by atoms with Crippen LogP contribution < -0.4 is 4.74 Å². The molecule has 1 aliphatic carbocycles. The van der Waals surface area contributed by atoms with E-state index in [4.69, 9.17) is 4.74 Å². The van der Waals surface area contributed by atoms with Crippen molar-refractivity contribution in [1.29, 1.82) is 0 Å². The minimum Gasteiger partial charge on any atom is -0.484 e. The fourth-order valence-electron chi connectivity index (χ4n) is 3.54. The Hall–Kier alpha value is -2.40. The van der Waals surface area contributed by atoms with Crippen LogP contribution in [0.2, 0.25) is 0 Å². The first-order valence-corrected chi connectivity index (χ1v) is 10.6. The normalized spacial score (nSPS) is 14.6. The average Bonchev–Trinajstić information content (AvgIpc) is 2.72. The summed E-state index contributed by atoms with van der Waals surface area (Å²) < 4.78 is 6.50. The van der Waals surface area contributed by atoms with Gasteiger partial charge in [0.15, 0.2) is 5.78 Å². The fraction of sp³-hybridized carbons (Fsp3) is 0.304. The van der Waals surface area contributed by atoms with Gasteiger partial charge in [0.2, 0.25) is 0 Å². The van der Waals surface area contributed by atoms with Crippen molar-refractivity contribution in [3.8, 4) is 5.75 Å². The van der Waals surface area contributed by atoms with Gasteiger partial charge in [0.05, 0.1) is 12.9 Å². The molecule has 0 bridgehead atoms. The molecule has 4 nitrogen and oxygen atoms in total. The summed E-state index contributed by atoms with van der Waals surface area (Å²) in [5, 5.41) is 0.661. The van der Waals surface area contributed by atoms with Crippen LogP contribution in [0.25, 0.3) is 0 Å². The summed E-state index contributed by atoms with van der Waals surface area (Å²) in [5.41, 5.74) is 4.14. The highest BCUT2D eigenvalue weighted by molar-refractivity contribution is 9.08. The first kappa shape index (κ1) is 20.3. The SMILES string of the molecule is C=CN=CN(C)CC(Oc1ccc2c(c1CBr)CCCC2=O)c1ccccc1. The molecule has 0 amide bonds. The summed E-state index contributed by atoms with van der Waals surface area (Å²) in [6, 6.07) is 14.0. The van der Waals surface area contributed by atoms with E-state index in [-0.39, 0.29) is 11.9 Å². The molecule has 0 saturated heterocycles. The number of alkyl halides is 1. The molecule has 0 aromatic heterocycles. The van der Waals surface area contributed by atoms with E-state index in [1.54, 1.807) is 6.34 Å². The van der Waals surface area contributed by atoms with Crippen molar-refractivity contribution in [3.05, 3.63) is 77.5 Å². The second-order valence-electron chi connectivity index (χ2n) is 6.88. The van der Waals surface area contributed by atoms with Gasteiger partial charge in [-0.1, -0.05) is 52.8 Å². The van der Waals surface area contributed by atoms with Crippen molar-refractivity contribution in [2.75, 3.05) is 13.6 Å². The predicted octanol–water partition coefficient (Wildman–Crippen LogP) is 5.32. The molecule has 146 valence electrons. The Morgan fingerprint density at radius 3 is 2.75 bits per heavy atom. The molecule has 2 aromatic carbocycles. The number of rotatable bonds is 8. The topological polar surface area (TPSA) is 41.9 Å². The van der Waals surface area contributed by atoms with Crippen LogP contribution in [0, 0.1) is 0 Å². The van der Waals surface area contributed by atoms with Crippen LogP contribution in [0.15, 0.2) is 60.2 Å². The molecular formula is C23H25BrN2O2. The third-order valence-electron chi connectivity index (χ3n) is 4.92. The molecule has 1 unspecified atom stereocenters. The second-order valence-corrected chi connectivity index (χ2v) is 7.44. The minimum absolute atomic E-state index is 0.169. The number of aliphatic imine (C=N–C) groups is 1. The molecule has 0 N–H and O–H groups in total.